The lowest BCUT2D eigenvalue weighted by atomic mass is 9.78. The maximum Gasteiger partial charge on any atom is 0.407 e. The van der Waals surface area contributed by atoms with Gasteiger partial charge in [-0.05, 0) is 47.4 Å². The highest BCUT2D eigenvalue weighted by Gasteiger charge is 2.32. The number of ether oxygens (including phenoxy) is 1. The first-order valence-corrected chi connectivity index (χ1v) is 12.5. The Morgan fingerprint density at radius 1 is 0.971 bits per heavy atom. The first kappa shape index (κ1) is 24.8. The third-order valence-corrected chi connectivity index (χ3v) is 7.40. The van der Waals surface area contributed by atoms with E-state index in [9.17, 15) is 14.4 Å². The van der Waals surface area contributed by atoms with Gasteiger partial charge in [0.05, 0.1) is 5.92 Å². The van der Waals surface area contributed by atoms with Crippen LogP contribution < -0.4 is 10.6 Å². The van der Waals surface area contributed by atoms with Gasteiger partial charge in [0, 0.05) is 24.9 Å². The largest absolute Gasteiger partial charge is 0.481 e. The standard InChI is InChI=1S/C28H34N2O5/c1-18(27(32)33)14-15-29-26(31)20-9-3-2-8-19(20)16-30-28(34)35-17-25-23-12-6-4-10-21(23)22-11-5-7-13-24(22)25/h4-7,10-13,18-20,25H,2-3,8-9,14-17H2,1H3,(H,29,31)(H,30,34)(H,32,33)/t18?,19-,20-/m0/s1. The highest BCUT2D eigenvalue weighted by atomic mass is 16.5. The number of hydrogen-bond donors (Lipinski definition) is 3. The lowest BCUT2D eigenvalue weighted by Gasteiger charge is -2.30. The number of aliphatic carboxylic acids is 1. The molecule has 1 unspecified atom stereocenters. The molecule has 7 heteroatoms. The number of carbonyl (C=O) groups excluding carboxylic acids is 2. The number of fused-ring (bicyclic) bond motifs is 3. The molecule has 4 rings (SSSR count). The molecule has 2 aliphatic rings. The van der Waals surface area contributed by atoms with Crippen molar-refractivity contribution in [3.8, 4) is 11.1 Å². The van der Waals surface area contributed by atoms with Crippen LogP contribution in [-0.4, -0.2) is 42.8 Å². The molecule has 0 spiro atoms. The van der Waals surface area contributed by atoms with Gasteiger partial charge in [0.2, 0.25) is 5.91 Å². The monoisotopic (exact) mass is 478 g/mol. The zero-order valence-corrected chi connectivity index (χ0v) is 20.2. The van der Waals surface area contributed by atoms with Gasteiger partial charge < -0.3 is 20.5 Å². The SMILES string of the molecule is CC(CCNC(=O)[C@H]1CCCC[C@H]1CNC(=O)OCC1c2ccccc2-c2ccccc21)C(=O)O. The van der Waals surface area contributed by atoms with Crippen molar-refractivity contribution in [2.45, 2.75) is 44.9 Å². The van der Waals surface area contributed by atoms with Crippen LogP contribution in [0, 0.1) is 17.8 Å². The van der Waals surface area contributed by atoms with Gasteiger partial charge in [0.1, 0.15) is 6.61 Å². The third-order valence-electron chi connectivity index (χ3n) is 7.40. The second kappa shape index (κ2) is 11.4. The maximum atomic E-state index is 12.7. The summed E-state index contributed by atoms with van der Waals surface area (Å²) in [4.78, 5) is 36.3. The van der Waals surface area contributed by atoms with Crippen molar-refractivity contribution in [3.63, 3.8) is 0 Å². The van der Waals surface area contributed by atoms with E-state index in [1.807, 2.05) is 24.3 Å². The Kier molecular flexibility index (Phi) is 8.06. The van der Waals surface area contributed by atoms with Crippen molar-refractivity contribution in [1.29, 1.82) is 0 Å². The average Bonchev–Trinajstić information content (AvgIpc) is 3.20. The minimum atomic E-state index is -0.859. The van der Waals surface area contributed by atoms with Gasteiger partial charge in [-0.25, -0.2) is 4.79 Å². The molecule has 2 aliphatic carbocycles. The van der Waals surface area contributed by atoms with Gasteiger partial charge in [0.25, 0.3) is 0 Å². The number of carbonyl (C=O) groups is 3. The molecule has 7 nitrogen and oxygen atoms in total. The number of amides is 2. The lowest BCUT2D eigenvalue weighted by Crippen LogP contribution is -2.42. The van der Waals surface area contributed by atoms with Crippen molar-refractivity contribution in [3.05, 3.63) is 59.7 Å². The highest BCUT2D eigenvalue weighted by Crippen LogP contribution is 2.44. The van der Waals surface area contributed by atoms with Crippen LogP contribution in [-0.2, 0) is 14.3 Å². The Balaban J connectivity index is 1.28. The summed E-state index contributed by atoms with van der Waals surface area (Å²) in [6, 6.07) is 16.4. The maximum absolute atomic E-state index is 12.7. The van der Waals surface area contributed by atoms with E-state index in [2.05, 4.69) is 34.9 Å². The Bertz CT molecular complexity index is 1020. The van der Waals surface area contributed by atoms with Crippen LogP contribution in [0.15, 0.2) is 48.5 Å². The van der Waals surface area contributed by atoms with Crippen molar-refractivity contribution in [2.24, 2.45) is 17.8 Å². The number of carboxylic acid groups (broad SMARTS) is 1. The Hall–Kier alpha value is -3.35. The average molecular weight is 479 g/mol. The van der Waals surface area contributed by atoms with Crippen LogP contribution in [0.5, 0.6) is 0 Å². The minimum Gasteiger partial charge on any atom is -0.481 e. The van der Waals surface area contributed by atoms with Gasteiger partial charge in [-0.3, -0.25) is 9.59 Å². The number of rotatable bonds is 9. The van der Waals surface area contributed by atoms with Crippen molar-refractivity contribution in [2.75, 3.05) is 19.7 Å². The topological polar surface area (TPSA) is 105 Å². The van der Waals surface area contributed by atoms with Gasteiger partial charge in [-0.1, -0.05) is 68.3 Å². The molecule has 0 heterocycles. The Morgan fingerprint density at radius 2 is 1.60 bits per heavy atom. The summed E-state index contributed by atoms with van der Waals surface area (Å²) >= 11 is 0. The van der Waals surface area contributed by atoms with Crippen LogP contribution in [0.4, 0.5) is 4.79 Å². The van der Waals surface area contributed by atoms with Crippen LogP contribution in [0.3, 0.4) is 0 Å². The van der Waals surface area contributed by atoms with E-state index in [0.29, 0.717) is 19.5 Å². The van der Waals surface area contributed by atoms with E-state index in [4.69, 9.17) is 9.84 Å². The molecule has 1 saturated carbocycles. The molecule has 0 radical (unpaired) electrons. The van der Waals surface area contributed by atoms with Crippen molar-refractivity contribution in [1.82, 2.24) is 10.6 Å². The van der Waals surface area contributed by atoms with E-state index in [0.717, 1.165) is 25.7 Å². The zero-order chi connectivity index (χ0) is 24.8. The molecule has 2 amide bonds. The fourth-order valence-electron chi connectivity index (χ4n) is 5.33. The van der Waals surface area contributed by atoms with Crippen molar-refractivity contribution >= 4 is 18.0 Å². The first-order valence-electron chi connectivity index (χ1n) is 12.5. The van der Waals surface area contributed by atoms with Gasteiger partial charge in [-0.15, -0.1) is 0 Å². The summed E-state index contributed by atoms with van der Waals surface area (Å²) in [5.74, 6) is -1.54. The quantitative estimate of drug-likeness (QED) is 0.490. The Morgan fingerprint density at radius 3 is 2.26 bits per heavy atom. The number of hydrogen-bond acceptors (Lipinski definition) is 4. The molecule has 3 N–H and O–H groups in total. The lowest BCUT2D eigenvalue weighted by molar-refractivity contribution is -0.141. The van der Waals surface area contributed by atoms with Crippen LogP contribution in [0.25, 0.3) is 11.1 Å². The molecule has 2 aromatic carbocycles. The van der Waals surface area contributed by atoms with Crippen LogP contribution in [0.1, 0.15) is 56.1 Å². The van der Waals surface area contributed by atoms with E-state index < -0.39 is 18.0 Å². The number of benzene rings is 2. The van der Waals surface area contributed by atoms with Crippen molar-refractivity contribution < 1.29 is 24.2 Å². The first-order chi connectivity index (χ1) is 17.0. The molecule has 0 aliphatic heterocycles. The summed E-state index contributed by atoms with van der Waals surface area (Å²) in [5.41, 5.74) is 4.71. The molecule has 1 fully saturated rings. The minimum absolute atomic E-state index is 0.00884. The predicted molar refractivity (Wildman–Crippen MR) is 133 cm³/mol. The summed E-state index contributed by atoms with van der Waals surface area (Å²) in [5, 5.41) is 14.8. The molecule has 35 heavy (non-hydrogen) atoms. The summed E-state index contributed by atoms with van der Waals surface area (Å²) in [6.07, 6.45) is 3.58. The zero-order valence-electron chi connectivity index (χ0n) is 20.2. The number of nitrogens with one attached hydrogen (secondary N) is 2. The number of alkyl carbamates (subject to hydrolysis) is 1. The molecule has 186 valence electrons. The van der Waals surface area contributed by atoms with Gasteiger partial charge in [-0.2, -0.15) is 0 Å². The fraction of sp³-hybridized carbons (Fsp3) is 0.464. The fourth-order valence-corrected chi connectivity index (χ4v) is 5.33. The highest BCUT2D eigenvalue weighted by molar-refractivity contribution is 5.80. The molecule has 2 aromatic rings. The molecular weight excluding hydrogens is 444 g/mol. The van der Waals surface area contributed by atoms with E-state index >= 15 is 0 Å². The normalized spacial score (nSPS) is 19.8. The smallest absolute Gasteiger partial charge is 0.407 e. The summed E-state index contributed by atoms with van der Waals surface area (Å²) < 4.78 is 5.63. The molecular formula is C28H34N2O5. The van der Waals surface area contributed by atoms with E-state index in [-0.39, 0.29) is 30.3 Å². The predicted octanol–water partition coefficient (Wildman–Crippen LogP) is 4.56. The number of carboxylic acids is 1. The molecule has 0 aromatic heterocycles. The third kappa shape index (κ3) is 5.84. The molecule has 0 bridgehead atoms. The molecule has 0 saturated heterocycles. The van der Waals surface area contributed by atoms with Gasteiger partial charge in [0.15, 0.2) is 0 Å². The molecule has 3 atom stereocenters. The second-order valence-corrected chi connectivity index (χ2v) is 9.68. The second-order valence-electron chi connectivity index (χ2n) is 9.68. The van der Waals surface area contributed by atoms with Gasteiger partial charge >= 0.3 is 12.1 Å². The Labute approximate surface area is 206 Å². The summed E-state index contributed by atoms with van der Waals surface area (Å²) in [6.45, 7) is 2.63. The van der Waals surface area contributed by atoms with Crippen LogP contribution >= 0.6 is 0 Å². The van der Waals surface area contributed by atoms with Crippen LogP contribution in [0.2, 0.25) is 0 Å². The van der Waals surface area contributed by atoms with E-state index in [1.54, 1.807) is 6.92 Å². The van der Waals surface area contributed by atoms with E-state index in [1.165, 1.54) is 22.3 Å². The summed E-state index contributed by atoms with van der Waals surface area (Å²) in [7, 11) is 0.